The van der Waals surface area contributed by atoms with Gasteiger partial charge in [0.15, 0.2) is 0 Å². The van der Waals surface area contributed by atoms with Gasteiger partial charge in [-0.2, -0.15) is 0 Å². The Bertz CT molecular complexity index is 922. The van der Waals surface area contributed by atoms with Gasteiger partial charge in [0.25, 0.3) is 0 Å². The number of H-pyrrole nitrogens is 1. The van der Waals surface area contributed by atoms with E-state index in [1.165, 1.54) is 13.3 Å². The molecule has 2 atom stereocenters. The number of nitrogens with zero attached hydrogens (tertiary/aromatic N) is 3. The van der Waals surface area contributed by atoms with Crippen molar-refractivity contribution in [2.24, 2.45) is 17.6 Å². The van der Waals surface area contributed by atoms with Crippen molar-refractivity contribution in [2.75, 3.05) is 18.0 Å². The van der Waals surface area contributed by atoms with Gasteiger partial charge in [0.05, 0.1) is 16.1 Å². The molecule has 5 rings (SSSR count). The molecule has 3 aromatic rings. The summed E-state index contributed by atoms with van der Waals surface area (Å²) >= 11 is 6.36. The molecular formula is C19H20ClN5O. The Morgan fingerprint density at radius 1 is 1.31 bits per heavy atom. The maximum absolute atomic E-state index is 9.22. The minimum absolute atomic E-state index is 0.333. The van der Waals surface area contributed by atoms with Gasteiger partial charge in [-0.15, -0.1) is 0 Å². The van der Waals surface area contributed by atoms with E-state index in [1.54, 1.807) is 6.20 Å². The number of halogens is 1. The number of rotatable bonds is 2. The van der Waals surface area contributed by atoms with Crippen molar-refractivity contribution in [1.82, 2.24) is 15.0 Å². The quantitative estimate of drug-likeness (QED) is 0.725. The van der Waals surface area contributed by atoms with E-state index in [2.05, 4.69) is 31.7 Å². The van der Waals surface area contributed by atoms with Crippen LogP contribution in [0.5, 0.6) is 0 Å². The third-order valence-corrected chi connectivity index (χ3v) is 5.09. The fourth-order valence-electron chi connectivity index (χ4n) is 3.45. The van der Waals surface area contributed by atoms with E-state index in [4.69, 9.17) is 11.6 Å². The number of imidazole rings is 1. The molecule has 26 heavy (non-hydrogen) atoms. The normalized spacial score (nSPS) is 20.5. The Labute approximate surface area is 156 Å². The second kappa shape index (κ2) is 6.61. The van der Waals surface area contributed by atoms with Crippen LogP contribution >= 0.6 is 11.6 Å². The molecule has 7 heteroatoms. The molecule has 1 saturated heterocycles. The molecule has 1 amide bonds. The van der Waals surface area contributed by atoms with Gasteiger partial charge < -0.3 is 15.6 Å². The Morgan fingerprint density at radius 3 is 2.69 bits per heavy atom. The summed E-state index contributed by atoms with van der Waals surface area (Å²) in [6, 6.07) is 10.1. The summed E-state index contributed by atoms with van der Waals surface area (Å²) in [7, 11) is 0. The predicted octanol–water partition coefficient (Wildman–Crippen LogP) is 3.23. The van der Waals surface area contributed by atoms with Crippen LogP contribution in [-0.2, 0) is 4.79 Å². The third-order valence-electron chi connectivity index (χ3n) is 4.79. The first-order valence-corrected chi connectivity index (χ1v) is 9.00. The van der Waals surface area contributed by atoms with Gasteiger partial charge in [-0.25, -0.2) is 9.97 Å². The molecule has 2 fully saturated rings. The minimum atomic E-state index is -0.333. The van der Waals surface area contributed by atoms with E-state index in [9.17, 15) is 4.79 Å². The van der Waals surface area contributed by atoms with Crippen LogP contribution in [0.15, 0.2) is 36.5 Å². The van der Waals surface area contributed by atoms with Crippen molar-refractivity contribution in [3.05, 3.63) is 41.6 Å². The van der Waals surface area contributed by atoms with Gasteiger partial charge in [0, 0.05) is 31.8 Å². The number of para-hydroxylation sites is 2. The van der Waals surface area contributed by atoms with E-state index in [1.807, 2.05) is 24.3 Å². The van der Waals surface area contributed by atoms with Crippen molar-refractivity contribution in [1.29, 1.82) is 0 Å². The topological polar surface area (TPSA) is 87.9 Å². The number of piperidine rings is 1. The first kappa shape index (κ1) is 16.8. The smallest absolute Gasteiger partial charge is 0.214 e. The average Bonchev–Trinajstić information content (AvgIpc) is 3.04. The molecule has 0 radical (unpaired) electrons. The number of hydrogen-bond donors (Lipinski definition) is 2. The Hall–Kier alpha value is -2.60. The maximum Gasteiger partial charge on any atom is 0.214 e. The Balaban J connectivity index is 0.000000385. The van der Waals surface area contributed by atoms with Gasteiger partial charge in [0.2, 0.25) is 5.91 Å². The number of pyridine rings is 1. The highest BCUT2D eigenvalue weighted by atomic mass is 35.5. The summed E-state index contributed by atoms with van der Waals surface area (Å²) in [5, 5.41) is 0.632. The number of hydrogen-bond acceptors (Lipinski definition) is 4. The lowest BCUT2D eigenvalue weighted by molar-refractivity contribution is -0.115. The number of aromatic nitrogens is 3. The molecule has 0 bridgehead atoms. The summed E-state index contributed by atoms with van der Waals surface area (Å²) < 4.78 is 0. The van der Waals surface area contributed by atoms with Gasteiger partial charge >= 0.3 is 0 Å². The van der Waals surface area contributed by atoms with E-state index < -0.39 is 0 Å². The molecule has 2 unspecified atom stereocenters. The molecule has 1 aliphatic carbocycles. The summed E-state index contributed by atoms with van der Waals surface area (Å²) in [4.78, 5) is 24.1. The van der Waals surface area contributed by atoms with Gasteiger partial charge in [-0.1, -0.05) is 23.7 Å². The lowest BCUT2D eigenvalue weighted by atomic mass is 10.2. The van der Waals surface area contributed by atoms with Crippen molar-refractivity contribution in [3.8, 4) is 11.4 Å². The Kier molecular flexibility index (Phi) is 4.28. The Morgan fingerprint density at radius 2 is 2.00 bits per heavy atom. The minimum Gasteiger partial charge on any atom is -0.370 e. The van der Waals surface area contributed by atoms with Crippen LogP contribution in [0.2, 0.25) is 5.02 Å². The van der Waals surface area contributed by atoms with Crippen molar-refractivity contribution >= 4 is 34.4 Å². The molecule has 1 aliphatic heterocycles. The van der Waals surface area contributed by atoms with Crippen LogP contribution in [0.4, 0.5) is 5.82 Å². The molecule has 2 aromatic heterocycles. The zero-order valence-corrected chi connectivity index (χ0v) is 15.2. The van der Waals surface area contributed by atoms with Crippen molar-refractivity contribution in [3.63, 3.8) is 0 Å². The number of fused-ring (bicyclic) bond motifs is 2. The summed E-state index contributed by atoms with van der Waals surface area (Å²) in [5.74, 6) is 3.24. The molecule has 1 saturated carbocycles. The van der Waals surface area contributed by atoms with Crippen molar-refractivity contribution < 1.29 is 4.79 Å². The van der Waals surface area contributed by atoms with Crippen LogP contribution in [0.25, 0.3) is 22.4 Å². The summed E-state index contributed by atoms with van der Waals surface area (Å²) in [6.07, 6.45) is 3.13. The lowest BCUT2D eigenvalue weighted by Crippen LogP contribution is -2.22. The van der Waals surface area contributed by atoms with Crippen LogP contribution in [0.3, 0.4) is 0 Å². The van der Waals surface area contributed by atoms with Gasteiger partial charge in [-0.05, 0) is 36.5 Å². The number of carbonyl (C=O) groups excluding carboxylic acids is 1. The summed E-state index contributed by atoms with van der Waals surface area (Å²) in [6.45, 7) is 3.55. The average molecular weight is 370 g/mol. The number of benzene rings is 1. The maximum atomic E-state index is 9.22. The lowest BCUT2D eigenvalue weighted by Gasteiger charge is -2.19. The zero-order valence-electron chi connectivity index (χ0n) is 14.4. The number of carbonyl (C=O) groups is 1. The van der Waals surface area contributed by atoms with Crippen molar-refractivity contribution in [2.45, 2.75) is 13.3 Å². The molecule has 0 spiro atoms. The standard InChI is InChI=1S/C17H15ClN4.C2H5NO/c18-13-7-19-16(22-8-10-5-11(10)9-22)6-12(13)17-20-14-3-1-2-4-15(14)21-17;1-2(3)4/h1-4,6-7,10-11H,5,8-9H2,(H,20,21);1H3,(H2,3,4). The van der Waals surface area contributed by atoms with E-state index >= 15 is 0 Å². The number of anilines is 1. The van der Waals surface area contributed by atoms with E-state index in [-0.39, 0.29) is 5.91 Å². The number of nitrogens with one attached hydrogen (secondary N) is 1. The SMILES string of the molecule is CC(N)=O.Clc1cnc(N2CC3CC3C2)cc1-c1nc2ccccc2[nH]1. The highest BCUT2D eigenvalue weighted by molar-refractivity contribution is 6.33. The van der Waals surface area contributed by atoms with Crippen LogP contribution in [0.1, 0.15) is 13.3 Å². The van der Waals surface area contributed by atoms with Crippen LogP contribution in [-0.4, -0.2) is 33.9 Å². The monoisotopic (exact) mass is 369 g/mol. The van der Waals surface area contributed by atoms with E-state index in [0.29, 0.717) is 5.02 Å². The number of nitrogens with two attached hydrogens (primary N) is 1. The second-order valence-corrected chi connectivity index (χ2v) is 7.30. The first-order chi connectivity index (χ1) is 12.5. The molecule has 134 valence electrons. The number of amides is 1. The highest BCUT2D eigenvalue weighted by Gasteiger charge is 2.45. The number of aromatic amines is 1. The van der Waals surface area contributed by atoms with Gasteiger partial charge in [-0.3, -0.25) is 4.79 Å². The van der Waals surface area contributed by atoms with Crippen LogP contribution < -0.4 is 10.6 Å². The third kappa shape index (κ3) is 3.37. The van der Waals surface area contributed by atoms with Crippen LogP contribution in [0, 0.1) is 11.8 Å². The van der Waals surface area contributed by atoms with Gasteiger partial charge in [0.1, 0.15) is 11.6 Å². The number of primary amides is 1. The summed E-state index contributed by atoms with van der Waals surface area (Å²) in [5.41, 5.74) is 7.37. The largest absolute Gasteiger partial charge is 0.370 e. The molecule has 2 aliphatic rings. The molecular weight excluding hydrogens is 350 g/mol. The first-order valence-electron chi connectivity index (χ1n) is 8.63. The molecule has 3 N–H and O–H groups in total. The zero-order chi connectivity index (χ0) is 18.3. The molecule has 3 heterocycles. The predicted molar refractivity (Wildman–Crippen MR) is 103 cm³/mol. The molecule has 1 aromatic carbocycles. The second-order valence-electron chi connectivity index (χ2n) is 6.90. The van der Waals surface area contributed by atoms with E-state index in [0.717, 1.165) is 53.2 Å². The molecule has 6 nitrogen and oxygen atoms in total. The fourth-order valence-corrected chi connectivity index (χ4v) is 3.64. The highest BCUT2D eigenvalue weighted by Crippen LogP contribution is 2.46. The fraction of sp³-hybridized carbons (Fsp3) is 0.316.